The summed E-state index contributed by atoms with van der Waals surface area (Å²) >= 11 is 6.08. The van der Waals surface area contributed by atoms with Crippen molar-refractivity contribution in [3.05, 3.63) is 22.7 Å². The molecule has 1 aromatic rings. The number of fused-ring (bicyclic) bond motifs is 1. The molecule has 0 unspecified atom stereocenters. The van der Waals surface area contributed by atoms with Crippen LogP contribution in [0.3, 0.4) is 0 Å². The third kappa shape index (κ3) is 2.34. The summed E-state index contributed by atoms with van der Waals surface area (Å²) in [6.45, 7) is 5.44. The number of carbonyl (C=O) groups excluding carboxylic acids is 2. The van der Waals surface area contributed by atoms with E-state index in [4.69, 9.17) is 16.3 Å². The van der Waals surface area contributed by atoms with Gasteiger partial charge in [-0.2, -0.15) is 0 Å². The lowest BCUT2D eigenvalue weighted by atomic mass is 9.86. The minimum Gasteiger partial charge on any atom is -0.482 e. The van der Waals surface area contributed by atoms with Crippen molar-refractivity contribution in [1.29, 1.82) is 0 Å². The molecule has 0 aliphatic carbocycles. The van der Waals surface area contributed by atoms with E-state index < -0.39 is 5.41 Å². The molecule has 18 heavy (non-hydrogen) atoms. The van der Waals surface area contributed by atoms with Crippen molar-refractivity contribution in [2.75, 3.05) is 11.9 Å². The number of amides is 1. The molecule has 1 heterocycles. The van der Waals surface area contributed by atoms with Crippen LogP contribution in [0.5, 0.6) is 5.75 Å². The molecule has 0 saturated heterocycles. The van der Waals surface area contributed by atoms with Gasteiger partial charge in [0.15, 0.2) is 12.4 Å². The first-order valence-corrected chi connectivity index (χ1v) is 5.98. The molecular weight excluding hydrogens is 254 g/mol. The second kappa shape index (κ2) is 4.28. The Labute approximate surface area is 110 Å². The molecule has 0 atom stereocenters. The average molecular weight is 268 g/mol. The number of Topliss-reactive ketones (excluding diaryl/α,β-unsaturated/α-hetero) is 1. The van der Waals surface area contributed by atoms with E-state index in [0.717, 1.165) is 0 Å². The monoisotopic (exact) mass is 267 g/mol. The van der Waals surface area contributed by atoms with Crippen LogP contribution in [-0.2, 0) is 4.79 Å². The van der Waals surface area contributed by atoms with Gasteiger partial charge in [0.2, 0.25) is 0 Å². The van der Waals surface area contributed by atoms with Crippen LogP contribution in [0.15, 0.2) is 12.1 Å². The van der Waals surface area contributed by atoms with Crippen LogP contribution >= 0.6 is 11.6 Å². The molecule has 1 amide bonds. The number of anilines is 1. The van der Waals surface area contributed by atoms with E-state index in [9.17, 15) is 9.59 Å². The van der Waals surface area contributed by atoms with Gasteiger partial charge in [-0.1, -0.05) is 32.4 Å². The third-order valence-corrected chi connectivity index (χ3v) is 2.94. The normalized spacial score (nSPS) is 14.6. The van der Waals surface area contributed by atoms with E-state index >= 15 is 0 Å². The molecule has 0 fully saturated rings. The first-order valence-electron chi connectivity index (χ1n) is 5.60. The number of ketones is 1. The Hall–Kier alpha value is -1.55. The van der Waals surface area contributed by atoms with Gasteiger partial charge in [-0.15, -0.1) is 0 Å². The van der Waals surface area contributed by atoms with E-state index in [1.807, 2.05) is 20.8 Å². The van der Waals surface area contributed by atoms with E-state index in [-0.39, 0.29) is 18.3 Å². The summed E-state index contributed by atoms with van der Waals surface area (Å²) in [7, 11) is 0. The smallest absolute Gasteiger partial charge is 0.262 e. The number of rotatable bonds is 1. The number of carbonyl (C=O) groups is 2. The molecule has 0 saturated carbocycles. The Kier molecular flexibility index (Phi) is 3.07. The Morgan fingerprint density at radius 1 is 1.39 bits per heavy atom. The van der Waals surface area contributed by atoms with Gasteiger partial charge in [-0.3, -0.25) is 9.59 Å². The van der Waals surface area contributed by atoms with Gasteiger partial charge in [0.25, 0.3) is 5.91 Å². The van der Waals surface area contributed by atoms with Crippen molar-refractivity contribution in [1.82, 2.24) is 0 Å². The quantitative estimate of drug-likeness (QED) is 0.796. The van der Waals surface area contributed by atoms with Crippen molar-refractivity contribution in [2.45, 2.75) is 20.8 Å². The summed E-state index contributed by atoms with van der Waals surface area (Å²) in [5.41, 5.74) is 0.399. The molecule has 0 aromatic heterocycles. The second-order valence-electron chi connectivity index (χ2n) is 5.24. The summed E-state index contributed by atoms with van der Waals surface area (Å²) in [6.07, 6.45) is 0. The van der Waals surface area contributed by atoms with Gasteiger partial charge in [0.05, 0.1) is 10.7 Å². The van der Waals surface area contributed by atoms with Gasteiger partial charge in [-0.25, -0.2) is 0 Å². The molecule has 0 bridgehead atoms. The Bertz CT molecular complexity index is 532. The van der Waals surface area contributed by atoms with Crippen LogP contribution < -0.4 is 10.1 Å². The lowest BCUT2D eigenvalue weighted by molar-refractivity contribution is -0.118. The fraction of sp³-hybridized carbons (Fsp3) is 0.385. The molecule has 5 heteroatoms. The first kappa shape index (κ1) is 12.9. The summed E-state index contributed by atoms with van der Waals surface area (Å²) in [4.78, 5) is 23.4. The fourth-order valence-corrected chi connectivity index (χ4v) is 1.93. The largest absolute Gasteiger partial charge is 0.482 e. The molecule has 4 nitrogen and oxygen atoms in total. The molecule has 1 aliphatic rings. The van der Waals surface area contributed by atoms with E-state index in [2.05, 4.69) is 5.32 Å². The maximum absolute atomic E-state index is 12.2. The van der Waals surface area contributed by atoms with Gasteiger partial charge < -0.3 is 10.1 Å². The number of hydrogen-bond donors (Lipinski definition) is 1. The fourth-order valence-electron chi connectivity index (χ4n) is 1.68. The van der Waals surface area contributed by atoms with Gasteiger partial charge in [0.1, 0.15) is 5.75 Å². The van der Waals surface area contributed by atoms with Gasteiger partial charge >= 0.3 is 0 Å². The molecule has 0 radical (unpaired) electrons. The Morgan fingerprint density at radius 3 is 2.67 bits per heavy atom. The highest BCUT2D eigenvalue weighted by molar-refractivity contribution is 6.34. The number of ether oxygens (including phenoxy) is 1. The summed E-state index contributed by atoms with van der Waals surface area (Å²) < 4.78 is 5.27. The number of benzene rings is 1. The van der Waals surface area contributed by atoms with E-state index in [1.54, 1.807) is 12.1 Å². The van der Waals surface area contributed by atoms with Crippen LogP contribution in [-0.4, -0.2) is 18.3 Å². The van der Waals surface area contributed by atoms with Gasteiger partial charge in [0, 0.05) is 11.0 Å². The second-order valence-corrected chi connectivity index (χ2v) is 5.65. The predicted octanol–water partition coefficient (Wildman–Crippen LogP) is 2.90. The SMILES string of the molecule is CC(C)(C)C(=O)c1cc2c(cc1Cl)NC(=O)CO2. The maximum Gasteiger partial charge on any atom is 0.262 e. The number of nitrogens with one attached hydrogen (secondary N) is 1. The Morgan fingerprint density at radius 2 is 2.06 bits per heavy atom. The highest BCUT2D eigenvalue weighted by atomic mass is 35.5. The molecule has 0 spiro atoms. The molecule has 1 N–H and O–H groups in total. The third-order valence-electron chi connectivity index (χ3n) is 2.63. The topological polar surface area (TPSA) is 55.4 Å². The van der Waals surface area contributed by atoms with Crippen molar-refractivity contribution >= 4 is 29.0 Å². The average Bonchev–Trinajstić information content (AvgIpc) is 2.25. The van der Waals surface area contributed by atoms with Crippen LogP contribution in [0, 0.1) is 5.41 Å². The maximum atomic E-state index is 12.2. The van der Waals surface area contributed by atoms with Crippen molar-refractivity contribution in [3.63, 3.8) is 0 Å². The molecule has 1 aliphatic heterocycles. The van der Waals surface area contributed by atoms with Crippen molar-refractivity contribution in [3.8, 4) is 5.75 Å². The standard InChI is InChI=1S/C13H14ClNO3/c1-13(2,3)12(17)7-4-10-9(5-8(7)14)15-11(16)6-18-10/h4-5H,6H2,1-3H3,(H,15,16). The van der Waals surface area contributed by atoms with E-state index in [0.29, 0.717) is 22.0 Å². The lowest BCUT2D eigenvalue weighted by Gasteiger charge is -2.22. The van der Waals surface area contributed by atoms with Crippen LogP contribution in [0.2, 0.25) is 5.02 Å². The number of halogens is 1. The zero-order valence-corrected chi connectivity index (χ0v) is 11.2. The first-order chi connectivity index (χ1) is 8.29. The van der Waals surface area contributed by atoms with Crippen LogP contribution in [0.4, 0.5) is 5.69 Å². The lowest BCUT2D eigenvalue weighted by Crippen LogP contribution is -2.26. The molecular formula is C13H14ClNO3. The minimum atomic E-state index is -0.518. The molecule has 1 aromatic carbocycles. The zero-order chi connectivity index (χ0) is 13.5. The van der Waals surface area contributed by atoms with Gasteiger partial charge in [-0.05, 0) is 12.1 Å². The Balaban J connectivity index is 2.46. The highest BCUT2D eigenvalue weighted by Gasteiger charge is 2.27. The summed E-state index contributed by atoms with van der Waals surface area (Å²) in [5, 5.41) is 2.96. The number of hydrogen-bond acceptors (Lipinski definition) is 3. The minimum absolute atomic E-state index is 0.0439. The van der Waals surface area contributed by atoms with Crippen molar-refractivity contribution < 1.29 is 14.3 Å². The predicted molar refractivity (Wildman–Crippen MR) is 69.4 cm³/mol. The molecule has 2 rings (SSSR count). The zero-order valence-electron chi connectivity index (χ0n) is 10.5. The molecule has 96 valence electrons. The summed E-state index contributed by atoms with van der Waals surface area (Å²) in [6, 6.07) is 3.14. The summed E-state index contributed by atoms with van der Waals surface area (Å²) in [5.74, 6) is 0.191. The van der Waals surface area contributed by atoms with Crippen molar-refractivity contribution in [2.24, 2.45) is 5.41 Å². The highest BCUT2D eigenvalue weighted by Crippen LogP contribution is 2.36. The van der Waals surface area contributed by atoms with E-state index in [1.165, 1.54) is 0 Å². The van der Waals surface area contributed by atoms with Crippen LogP contribution in [0.1, 0.15) is 31.1 Å². The van der Waals surface area contributed by atoms with Crippen LogP contribution in [0.25, 0.3) is 0 Å².